The average Bonchev–Trinajstić information content (AvgIpc) is 3.03. The van der Waals surface area contributed by atoms with Crippen LogP contribution in [0, 0.1) is 11.3 Å². The molecule has 1 saturated carbocycles. The van der Waals surface area contributed by atoms with Crippen molar-refractivity contribution in [2.75, 3.05) is 12.3 Å². The molecule has 1 aromatic rings. The van der Waals surface area contributed by atoms with Crippen LogP contribution in [0.3, 0.4) is 0 Å². The third-order valence-electron chi connectivity index (χ3n) is 2.49. The van der Waals surface area contributed by atoms with Crippen molar-refractivity contribution in [2.24, 2.45) is 0 Å². The molecule has 4 nitrogen and oxygen atoms in total. The van der Waals surface area contributed by atoms with E-state index in [0.29, 0.717) is 23.0 Å². The lowest BCUT2D eigenvalue weighted by atomic mass is 10.2. The van der Waals surface area contributed by atoms with Crippen LogP contribution < -0.4 is 5.73 Å². The second-order valence-electron chi connectivity index (χ2n) is 3.69. The van der Waals surface area contributed by atoms with Crippen LogP contribution in [0.15, 0.2) is 0 Å². The molecule has 1 aliphatic rings. The van der Waals surface area contributed by atoms with E-state index >= 15 is 0 Å². The number of ether oxygens (including phenoxy) is 1. The Bertz CT molecular complexity index is 469. The van der Waals surface area contributed by atoms with Crippen molar-refractivity contribution in [1.82, 2.24) is 0 Å². The summed E-state index contributed by atoms with van der Waals surface area (Å²) in [6, 6.07) is 2.08. The minimum Gasteiger partial charge on any atom is -0.462 e. The van der Waals surface area contributed by atoms with Crippen molar-refractivity contribution in [3.8, 4) is 6.07 Å². The summed E-state index contributed by atoms with van der Waals surface area (Å²) in [6.45, 7) is 2.06. The van der Waals surface area contributed by atoms with Gasteiger partial charge in [0.25, 0.3) is 0 Å². The molecule has 1 aromatic heterocycles. The van der Waals surface area contributed by atoms with Gasteiger partial charge in [-0.25, -0.2) is 4.79 Å². The van der Waals surface area contributed by atoms with Gasteiger partial charge in [0.15, 0.2) is 0 Å². The number of hydrogen-bond acceptors (Lipinski definition) is 5. The normalized spacial score (nSPS) is 14.5. The fourth-order valence-electron chi connectivity index (χ4n) is 1.56. The van der Waals surface area contributed by atoms with Crippen molar-refractivity contribution >= 4 is 23.0 Å². The summed E-state index contributed by atoms with van der Waals surface area (Å²) in [5.41, 5.74) is 6.55. The zero-order valence-corrected chi connectivity index (χ0v) is 9.76. The standard InChI is InChI=1S/C11H12N2O2S/c1-2-15-11(14)10-8(13)7(5-12)9(16-10)6-3-4-6/h6H,2-4,13H2,1H3. The highest BCUT2D eigenvalue weighted by Gasteiger charge is 2.32. The molecule has 0 saturated heterocycles. The first kappa shape index (κ1) is 11.0. The van der Waals surface area contributed by atoms with Crippen molar-refractivity contribution in [1.29, 1.82) is 5.26 Å². The second kappa shape index (κ2) is 4.14. The Labute approximate surface area is 97.6 Å². The number of rotatable bonds is 3. The van der Waals surface area contributed by atoms with E-state index in [1.165, 1.54) is 11.3 Å². The molecule has 2 rings (SSSR count). The lowest BCUT2D eigenvalue weighted by Gasteiger charge is -1.98. The molecule has 0 aliphatic heterocycles. The molecule has 0 bridgehead atoms. The monoisotopic (exact) mass is 236 g/mol. The van der Waals surface area contributed by atoms with Gasteiger partial charge in [0.2, 0.25) is 0 Å². The summed E-state index contributed by atoms with van der Waals surface area (Å²) in [5.74, 6) is -0.00136. The molecule has 0 spiro atoms. The molecule has 16 heavy (non-hydrogen) atoms. The first-order valence-corrected chi connectivity index (χ1v) is 6.00. The van der Waals surface area contributed by atoms with Gasteiger partial charge in [-0.05, 0) is 25.7 Å². The Hall–Kier alpha value is -1.54. The van der Waals surface area contributed by atoms with Crippen molar-refractivity contribution in [3.63, 3.8) is 0 Å². The first-order chi connectivity index (χ1) is 7.69. The summed E-state index contributed by atoms with van der Waals surface area (Å²) in [7, 11) is 0. The smallest absolute Gasteiger partial charge is 0.350 e. The highest BCUT2D eigenvalue weighted by molar-refractivity contribution is 7.15. The van der Waals surface area contributed by atoms with Crippen LogP contribution in [0.4, 0.5) is 5.69 Å². The number of nitrogen functional groups attached to an aromatic ring is 1. The van der Waals surface area contributed by atoms with Crippen LogP contribution >= 0.6 is 11.3 Å². The van der Waals surface area contributed by atoms with Gasteiger partial charge < -0.3 is 10.5 Å². The molecule has 0 amide bonds. The van der Waals surface area contributed by atoms with Crippen LogP contribution in [0.2, 0.25) is 0 Å². The lowest BCUT2D eigenvalue weighted by molar-refractivity contribution is 0.0533. The van der Waals surface area contributed by atoms with Gasteiger partial charge in [0, 0.05) is 4.88 Å². The average molecular weight is 236 g/mol. The Morgan fingerprint density at radius 3 is 2.88 bits per heavy atom. The Kier molecular flexibility index (Phi) is 2.84. The number of anilines is 1. The van der Waals surface area contributed by atoms with E-state index in [9.17, 15) is 4.79 Å². The number of nitrogens with zero attached hydrogens (tertiary/aromatic N) is 1. The molecule has 1 fully saturated rings. The molecule has 84 valence electrons. The highest BCUT2D eigenvalue weighted by atomic mass is 32.1. The van der Waals surface area contributed by atoms with Gasteiger partial charge in [-0.2, -0.15) is 5.26 Å². The fraction of sp³-hybridized carbons (Fsp3) is 0.455. The second-order valence-corrected chi connectivity index (χ2v) is 4.74. The van der Waals surface area contributed by atoms with Gasteiger partial charge in [-0.1, -0.05) is 0 Å². The topological polar surface area (TPSA) is 76.1 Å². The summed E-state index contributed by atoms with van der Waals surface area (Å²) in [6.07, 6.45) is 2.16. The maximum Gasteiger partial charge on any atom is 0.350 e. The number of nitrogens with two attached hydrogens (primary N) is 1. The van der Waals surface area contributed by atoms with E-state index < -0.39 is 5.97 Å². The Morgan fingerprint density at radius 2 is 2.38 bits per heavy atom. The van der Waals surface area contributed by atoms with Crippen molar-refractivity contribution in [3.05, 3.63) is 15.3 Å². The minimum absolute atomic E-state index is 0.285. The van der Waals surface area contributed by atoms with E-state index in [1.807, 2.05) is 0 Å². The fourth-order valence-corrected chi connectivity index (χ4v) is 2.79. The molecule has 1 heterocycles. The summed E-state index contributed by atoms with van der Waals surface area (Å²) in [4.78, 5) is 12.9. The predicted octanol–water partition coefficient (Wildman–Crippen LogP) is 2.26. The van der Waals surface area contributed by atoms with Crippen molar-refractivity contribution in [2.45, 2.75) is 25.7 Å². The van der Waals surface area contributed by atoms with Gasteiger partial charge in [-0.15, -0.1) is 11.3 Å². The third kappa shape index (κ3) is 1.76. The van der Waals surface area contributed by atoms with Gasteiger partial charge in [0.1, 0.15) is 10.9 Å². The van der Waals surface area contributed by atoms with E-state index in [1.54, 1.807) is 6.92 Å². The molecule has 0 aromatic carbocycles. The summed E-state index contributed by atoms with van der Waals surface area (Å²) < 4.78 is 4.90. The summed E-state index contributed by atoms with van der Waals surface area (Å²) in [5, 5.41) is 9.03. The van der Waals surface area contributed by atoms with Crippen LogP contribution in [0.1, 0.15) is 45.8 Å². The number of carbonyl (C=O) groups excluding carboxylic acids is 1. The van der Waals surface area contributed by atoms with E-state index in [4.69, 9.17) is 15.7 Å². The first-order valence-electron chi connectivity index (χ1n) is 5.18. The molecular weight excluding hydrogens is 224 g/mol. The van der Waals surface area contributed by atoms with Crippen molar-refractivity contribution < 1.29 is 9.53 Å². The van der Waals surface area contributed by atoms with Gasteiger partial charge in [0.05, 0.1) is 17.9 Å². The SMILES string of the molecule is CCOC(=O)c1sc(C2CC2)c(C#N)c1N. The van der Waals surface area contributed by atoms with E-state index in [0.717, 1.165) is 17.7 Å². The molecule has 0 radical (unpaired) electrons. The molecule has 2 N–H and O–H groups in total. The molecule has 0 atom stereocenters. The van der Waals surface area contributed by atoms with Crippen LogP contribution in [0.5, 0.6) is 0 Å². The zero-order chi connectivity index (χ0) is 11.7. The summed E-state index contributed by atoms with van der Waals surface area (Å²) >= 11 is 1.31. The highest BCUT2D eigenvalue weighted by Crippen LogP contribution is 2.47. The van der Waals surface area contributed by atoms with Crippen LogP contribution in [0.25, 0.3) is 0 Å². The largest absolute Gasteiger partial charge is 0.462 e. The van der Waals surface area contributed by atoms with E-state index in [2.05, 4.69) is 6.07 Å². The third-order valence-corrected chi connectivity index (χ3v) is 3.84. The molecule has 0 unspecified atom stereocenters. The van der Waals surface area contributed by atoms with Gasteiger partial charge in [-0.3, -0.25) is 0 Å². The number of thiophene rings is 1. The lowest BCUT2D eigenvalue weighted by Crippen LogP contribution is -2.05. The van der Waals surface area contributed by atoms with E-state index in [-0.39, 0.29) is 5.69 Å². The molecular formula is C11H12N2O2S. The number of nitriles is 1. The van der Waals surface area contributed by atoms with Crippen LogP contribution in [-0.4, -0.2) is 12.6 Å². The molecule has 1 aliphatic carbocycles. The van der Waals surface area contributed by atoms with Crippen LogP contribution in [-0.2, 0) is 4.74 Å². The zero-order valence-electron chi connectivity index (χ0n) is 8.95. The Balaban J connectivity index is 2.40. The Morgan fingerprint density at radius 1 is 1.69 bits per heavy atom. The minimum atomic E-state index is -0.423. The maximum atomic E-state index is 11.6. The molecule has 5 heteroatoms. The number of hydrogen-bond donors (Lipinski definition) is 1. The van der Waals surface area contributed by atoms with Gasteiger partial charge >= 0.3 is 5.97 Å². The predicted molar refractivity (Wildman–Crippen MR) is 61.4 cm³/mol. The quantitative estimate of drug-likeness (QED) is 0.817. The number of esters is 1. The number of carbonyl (C=O) groups is 1. The maximum absolute atomic E-state index is 11.6.